The third-order valence-electron chi connectivity index (χ3n) is 1.99. The summed E-state index contributed by atoms with van der Waals surface area (Å²) in [7, 11) is -1.02. The molecule has 0 aromatic rings. The summed E-state index contributed by atoms with van der Waals surface area (Å²) in [5.74, 6) is -0.625. The molecule has 0 bridgehead atoms. The topological polar surface area (TPSA) is 44.8 Å². The second-order valence-electron chi connectivity index (χ2n) is 4.74. The molecule has 0 amide bonds. The van der Waals surface area contributed by atoms with Gasteiger partial charge in [0, 0.05) is 5.20 Å². The summed E-state index contributed by atoms with van der Waals surface area (Å²) in [6, 6.07) is 0. The van der Waals surface area contributed by atoms with Gasteiger partial charge in [-0.15, -0.1) is 0 Å². The average molecular weight is 274 g/mol. The molecule has 18 heavy (non-hydrogen) atoms. The molecule has 5 heteroatoms. The highest BCUT2D eigenvalue weighted by Gasteiger charge is 2.19. The zero-order valence-electron chi connectivity index (χ0n) is 12.2. The van der Waals surface area contributed by atoms with E-state index < -0.39 is 9.52 Å². The lowest BCUT2D eigenvalue weighted by Crippen LogP contribution is -2.33. The number of hydrogen-bond acceptors (Lipinski definition) is 4. The van der Waals surface area contributed by atoms with Crippen molar-refractivity contribution in [3.63, 3.8) is 0 Å². The minimum absolute atomic E-state index is 0.0701. The molecule has 0 radical (unpaired) electrons. The van der Waals surface area contributed by atoms with Gasteiger partial charge in [0.15, 0.2) is 0 Å². The molecule has 0 unspecified atom stereocenters. The fourth-order valence-corrected chi connectivity index (χ4v) is 2.95. The van der Waals surface area contributed by atoms with Crippen LogP contribution in [-0.4, -0.2) is 40.2 Å². The maximum absolute atomic E-state index is 11.6. The van der Waals surface area contributed by atoms with Gasteiger partial charge in [0.1, 0.15) is 15.4 Å². The first-order chi connectivity index (χ1) is 8.36. The Morgan fingerprint density at radius 2 is 1.67 bits per heavy atom. The van der Waals surface area contributed by atoms with E-state index in [-0.39, 0.29) is 24.1 Å². The third kappa shape index (κ3) is 8.44. The van der Waals surface area contributed by atoms with Gasteiger partial charge in [-0.2, -0.15) is 0 Å². The van der Waals surface area contributed by atoms with Crippen LogP contribution in [0.3, 0.4) is 0 Å². The normalized spacial score (nSPS) is 12.0. The van der Waals surface area contributed by atoms with Gasteiger partial charge in [-0.25, -0.2) is 4.79 Å². The van der Waals surface area contributed by atoms with Gasteiger partial charge < -0.3 is 14.2 Å². The number of rotatable bonds is 9. The molecular weight excluding hydrogens is 248 g/mol. The van der Waals surface area contributed by atoms with Crippen LogP contribution in [0.2, 0.25) is 0 Å². The van der Waals surface area contributed by atoms with Gasteiger partial charge in [-0.05, 0) is 34.1 Å². The van der Waals surface area contributed by atoms with Crippen LogP contribution in [-0.2, 0) is 19.0 Å². The zero-order chi connectivity index (χ0) is 14.1. The summed E-state index contributed by atoms with van der Waals surface area (Å²) < 4.78 is 16.4. The SMILES string of the molecule is C=C([SiH2]C(OC(C)C)OC(C)C)C(=O)OCCC. The molecule has 4 nitrogen and oxygen atoms in total. The Morgan fingerprint density at radius 3 is 2.06 bits per heavy atom. The van der Waals surface area contributed by atoms with E-state index in [9.17, 15) is 4.79 Å². The Labute approximate surface area is 113 Å². The van der Waals surface area contributed by atoms with Gasteiger partial charge in [0.2, 0.25) is 0 Å². The summed E-state index contributed by atoms with van der Waals surface area (Å²) in [6.07, 6.45) is 0.955. The molecule has 0 fully saturated rings. The molecule has 0 aliphatic heterocycles. The first-order valence-corrected chi connectivity index (χ1v) is 8.05. The van der Waals surface area contributed by atoms with Crippen molar-refractivity contribution in [3.05, 3.63) is 11.8 Å². The van der Waals surface area contributed by atoms with Crippen molar-refractivity contribution in [1.82, 2.24) is 0 Å². The molecule has 0 aromatic heterocycles. The van der Waals surface area contributed by atoms with Crippen molar-refractivity contribution in [2.24, 2.45) is 0 Å². The van der Waals surface area contributed by atoms with Crippen LogP contribution in [0, 0.1) is 0 Å². The summed E-state index contributed by atoms with van der Waals surface area (Å²) in [4.78, 5) is 11.6. The molecule has 0 saturated heterocycles. The predicted molar refractivity (Wildman–Crippen MR) is 75.2 cm³/mol. The monoisotopic (exact) mass is 274 g/mol. The third-order valence-corrected chi connectivity index (χ3v) is 3.49. The Hall–Kier alpha value is -0.653. The van der Waals surface area contributed by atoms with E-state index in [0.29, 0.717) is 11.8 Å². The fourth-order valence-electron chi connectivity index (χ4n) is 1.32. The Kier molecular flexibility index (Phi) is 8.96. The van der Waals surface area contributed by atoms with Crippen molar-refractivity contribution in [2.45, 2.75) is 59.2 Å². The molecule has 0 aliphatic rings. The average Bonchev–Trinajstić information content (AvgIpc) is 2.23. The minimum atomic E-state index is -1.02. The van der Waals surface area contributed by atoms with E-state index in [4.69, 9.17) is 14.2 Å². The van der Waals surface area contributed by atoms with Gasteiger partial charge in [-0.3, -0.25) is 0 Å². The first kappa shape index (κ1) is 17.3. The number of carbonyl (C=O) groups is 1. The Morgan fingerprint density at radius 1 is 1.17 bits per heavy atom. The summed E-state index contributed by atoms with van der Waals surface area (Å²) >= 11 is 0. The van der Waals surface area contributed by atoms with Crippen LogP contribution in [0.5, 0.6) is 0 Å². The van der Waals surface area contributed by atoms with Crippen LogP contribution in [0.15, 0.2) is 11.8 Å². The summed E-state index contributed by atoms with van der Waals surface area (Å²) in [5.41, 5.74) is 0. The maximum atomic E-state index is 11.6. The van der Waals surface area contributed by atoms with Gasteiger partial charge in [0.25, 0.3) is 0 Å². The van der Waals surface area contributed by atoms with E-state index in [2.05, 4.69) is 6.58 Å². The number of ether oxygens (including phenoxy) is 3. The molecule has 0 saturated carbocycles. The van der Waals surface area contributed by atoms with E-state index in [1.54, 1.807) is 0 Å². The fraction of sp³-hybridized carbons (Fsp3) is 0.769. The van der Waals surface area contributed by atoms with Crippen molar-refractivity contribution in [2.75, 3.05) is 6.61 Å². The van der Waals surface area contributed by atoms with E-state index >= 15 is 0 Å². The van der Waals surface area contributed by atoms with Gasteiger partial charge in [0.05, 0.1) is 18.8 Å². The lowest BCUT2D eigenvalue weighted by atomic mass is 10.5. The molecule has 0 rings (SSSR count). The zero-order valence-corrected chi connectivity index (χ0v) is 13.6. The quantitative estimate of drug-likeness (QED) is 0.278. The summed E-state index contributed by atoms with van der Waals surface area (Å²) in [6.45, 7) is 14.0. The van der Waals surface area contributed by atoms with Crippen LogP contribution in [0.4, 0.5) is 0 Å². The molecule has 0 N–H and O–H groups in total. The van der Waals surface area contributed by atoms with Crippen molar-refractivity contribution < 1.29 is 19.0 Å². The van der Waals surface area contributed by atoms with Crippen LogP contribution < -0.4 is 0 Å². The van der Waals surface area contributed by atoms with Gasteiger partial charge >= 0.3 is 5.97 Å². The molecule has 0 heterocycles. The van der Waals surface area contributed by atoms with Gasteiger partial charge in [-0.1, -0.05) is 13.5 Å². The molecule has 0 atom stereocenters. The molecule has 106 valence electrons. The second kappa shape index (κ2) is 9.30. The standard InChI is InChI=1S/C13H26O4Si/c1-7-8-15-12(14)11(6)18-13(16-9(2)3)17-10(4)5/h9-10,13H,6-8,18H2,1-5H3. The number of esters is 1. The predicted octanol–water partition coefficient (Wildman–Crippen LogP) is 1.76. The molecular formula is C13H26O4Si. The first-order valence-electron chi connectivity index (χ1n) is 6.52. The largest absolute Gasteiger partial charge is 0.463 e. The smallest absolute Gasteiger partial charge is 0.328 e. The molecule has 0 aliphatic carbocycles. The van der Waals surface area contributed by atoms with E-state index in [0.717, 1.165) is 6.42 Å². The highest BCUT2D eigenvalue weighted by atomic mass is 28.2. The van der Waals surface area contributed by atoms with E-state index in [1.807, 2.05) is 34.6 Å². The lowest BCUT2D eigenvalue weighted by molar-refractivity contribution is -0.140. The number of hydrogen-bond donors (Lipinski definition) is 0. The number of carbonyl (C=O) groups excluding carboxylic acids is 1. The highest BCUT2D eigenvalue weighted by Crippen LogP contribution is 2.07. The van der Waals surface area contributed by atoms with Crippen molar-refractivity contribution >= 4 is 15.5 Å². The van der Waals surface area contributed by atoms with Crippen molar-refractivity contribution in [3.8, 4) is 0 Å². The van der Waals surface area contributed by atoms with Crippen LogP contribution >= 0.6 is 0 Å². The lowest BCUT2D eigenvalue weighted by Gasteiger charge is -2.23. The summed E-state index contributed by atoms with van der Waals surface area (Å²) in [5, 5.41) is 0.523. The molecule has 0 spiro atoms. The molecule has 0 aromatic carbocycles. The van der Waals surface area contributed by atoms with Crippen LogP contribution in [0.25, 0.3) is 0 Å². The van der Waals surface area contributed by atoms with Crippen molar-refractivity contribution in [1.29, 1.82) is 0 Å². The van der Waals surface area contributed by atoms with E-state index in [1.165, 1.54) is 0 Å². The Bertz CT molecular complexity index is 254. The Balaban J connectivity index is 4.28. The maximum Gasteiger partial charge on any atom is 0.328 e. The highest BCUT2D eigenvalue weighted by molar-refractivity contribution is 6.53. The van der Waals surface area contributed by atoms with Crippen LogP contribution in [0.1, 0.15) is 41.0 Å². The minimum Gasteiger partial charge on any atom is -0.463 e. The second-order valence-corrected chi connectivity index (χ2v) is 6.67.